The van der Waals surface area contributed by atoms with Crippen LogP contribution in [0.2, 0.25) is 0 Å². The van der Waals surface area contributed by atoms with E-state index in [9.17, 15) is 5.11 Å². The fourth-order valence-corrected chi connectivity index (χ4v) is 2.28. The Labute approximate surface area is 99.3 Å². The Bertz CT molecular complexity index is 498. The summed E-state index contributed by atoms with van der Waals surface area (Å²) in [5.74, 6) is 1.62. The second-order valence-electron chi connectivity index (χ2n) is 4.34. The maximum Gasteiger partial charge on any atom is 0.148 e. The summed E-state index contributed by atoms with van der Waals surface area (Å²) in [4.78, 5) is 0. The monoisotopic (exact) mass is 230 g/mol. The lowest BCUT2D eigenvalue weighted by Crippen LogP contribution is -2.07. The molecule has 1 atom stereocenters. The molecule has 1 aromatic carbocycles. The summed E-state index contributed by atoms with van der Waals surface area (Å²) >= 11 is 0. The minimum Gasteiger partial charge on any atom is -0.508 e. The normalized spacial score (nSPS) is 19.6. The van der Waals surface area contributed by atoms with Gasteiger partial charge in [0.1, 0.15) is 11.5 Å². The molecule has 0 radical (unpaired) electrons. The molecule has 0 amide bonds. The van der Waals surface area contributed by atoms with Crippen LogP contribution in [-0.4, -0.2) is 23.4 Å². The molecule has 2 aromatic rings. The average Bonchev–Trinajstić information content (AvgIpc) is 3.00. The summed E-state index contributed by atoms with van der Waals surface area (Å²) in [6.45, 7) is 1.97. The van der Waals surface area contributed by atoms with E-state index in [1.54, 1.807) is 18.3 Å². The zero-order chi connectivity index (χ0) is 11.7. The highest BCUT2D eigenvalue weighted by atomic mass is 16.5. The average molecular weight is 230 g/mol. The zero-order valence-corrected chi connectivity index (χ0v) is 9.39. The number of hydrogen-bond donors (Lipinski definition) is 2. The predicted octanol–water partition coefficient (Wildman–Crippen LogP) is 2.12. The summed E-state index contributed by atoms with van der Waals surface area (Å²) in [7, 11) is 0. The molecular formula is C13H14N2O2. The second kappa shape index (κ2) is 4.22. The molecular weight excluding hydrogens is 216 g/mol. The number of nitrogens with one attached hydrogen (secondary N) is 1. The van der Waals surface area contributed by atoms with Crippen LogP contribution in [0.3, 0.4) is 0 Å². The van der Waals surface area contributed by atoms with E-state index in [1.165, 1.54) is 0 Å². The van der Waals surface area contributed by atoms with Crippen LogP contribution in [0.4, 0.5) is 0 Å². The molecule has 1 aliphatic heterocycles. The molecule has 0 bridgehead atoms. The van der Waals surface area contributed by atoms with E-state index in [0.29, 0.717) is 5.92 Å². The Kier molecular flexibility index (Phi) is 2.57. The van der Waals surface area contributed by atoms with Gasteiger partial charge in [-0.05, 0) is 30.7 Å². The van der Waals surface area contributed by atoms with Gasteiger partial charge < -0.3 is 14.9 Å². The van der Waals surface area contributed by atoms with Crippen LogP contribution in [0, 0.1) is 0 Å². The van der Waals surface area contributed by atoms with Crippen molar-refractivity contribution in [3.05, 3.63) is 36.2 Å². The Hall–Kier alpha value is -1.81. The number of phenols is 1. The van der Waals surface area contributed by atoms with Gasteiger partial charge in [-0.1, -0.05) is 17.3 Å². The van der Waals surface area contributed by atoms with E-state index < -0.39 is 0 Å². The van der Waals surface area contributed by atoms with Crippen molar-refractivity contribution in [3.8, 4) is 16.9 Å². The minimum absolute atomic E-state index is 0.272. The first-order valence-corrected chi connectivity index (χ1v) is 5.79. The number of rotatable bonds is 2. The van der Waals surface area contributed by atoms with E-state index in [1.807, 2.05) is 12.1 Å². The van der Waals surface area contributed by atoms with Gasteiger partial charge in [-0.15, -0.1) is 0 Å². The smallest absolute Gasteiger partial charge is 0.148 e. The van der Waals surface area contributed by atoms with Gasteiger partial charge in [0.2, 0.25) is 0 Å². The van der Waals surface area contributed by atoms with E-state index in [-0.39, 0.29) is 5.75 Å². The first-order valence-electron chi connectivity index (χ1n) is 5.79. The standard InChI is InChI=1S/C13H14N2O2/c16-11-3-1-9(2-4-11)12-8-15-17-13(12)10-5-6-14-7-10/h1-4,8,10,14,16H,5-7H2. The molecule has 88 valence electrons. The Morgan fingerprint density at radius 3 is 2.82 bits per heavy atom. The van der Waals surface area contributed by atoms with Crippen LogP contribution in [0.25, 0.3) is 11.1 Å². The number of aromatic nitrogens is 1. The predicted molar refractivity (Wildman–Crippen MR) is 63.8 cm³/mol. The van der Waals surface area contributed by atoms with Crippen molar-refractivity contribution in [2.24, 2.45) is 0 Å². The van der Waals surface area contributed by atoms with Crippen LogP contribution >= 0.6 is 0 Å². The maximum absolute atomic E-state index is 9.29. The quantitative estimate of drug-likeness (QED) is 0.829. The lowest BCUT2D eigenvalue weighted by molar-refractivity contribution is 0.366. The molecule has 0 spiro atoms. The highest BCUT2D eigenvalue weighted by Gasteiger charge is 2.24. The van der Waals surface area contributed by atoms with Gasteiger partial charge in [0, 0.05) is 18.0 Å². The van der Waals surface area contributed by atoms with E-state index in [4.69, 9.17) is 4.52 Å². The van der Waals surface area contributed by atoms with Crippen LogP contribution < -0.4 is 5.32 Å². The van der Waals surface area contributed by atoms with Gasteiger partial charge in [0.25, 0.3) is 0 Å². The summed E-state index contributed by atoms with van der Waals surface area (Å²) < 4.78 is 5.38. The molecule has 3 rings (SSSR count). The van der Waals surface area contributed by atoms with Crippen LogP contribution in [0.5, 0.6) is 5.75 Å². The largest absolute Gasteiger partial charge is 0.508 e. The molecule has 1 fully saturated rings. The van der Waals surface area contributed by atoms with Crippen molar-refractivity contribution in [2.45, 2.75) is 12.3 Å². The maximum atomic E-state index is 9.29. The number of benzene rings is 1. The number of aromatic hydroxyl groups is 1. The summed E-state index contributed by atoms with van der Waals surface area (Å²) in [5.41, 5.74) is 2.06. The Morgan fingerprint density at radius 2 is 2.12 bits per heavy atom. The van der Waals surface area contributed by atoms with Gasteiger partial charge in [-0.2, -0.15) is 0 Å². The number of nitrogens with zero attached hydrogens (tertiary/aromatic N) is 1. The van der Waals surface area contributed by atoms with E-state index >= 15 is 0 Å². The third-order valence-corrected chi connectivity index (χ3v) is 3.21. The molecule has 0 saturated carbocycles. The second-order valence-corrected chi connectivity index (χ2v) is 4.34. The van der Waals surface area contributed by atoms with Crippen LogP contribution in [0.1, 0.15) is 18.1 Å². The van der Waals surface area contributed by atoms with Crippen LogP contribution in [0.15, 0.2) is 35.0 Å². The highest BCUT2D eigenvalue weighted by Crippen LogP contribution is 2.32. The molecule has 2 heterocycles. The molecule has 4 heteroatoms. The van der Waals surface area contributed by atoms with Gasteiger partial charge >= 0.3 is 0 Å². The van der Waals surface area contributed by atoms with Crippen molar-refractivity contribution in [2.75, 3.05) is 13.1 Å². The topological polar surface area (TPSA) is 58.3 Å². The first-order chi connectivity index (χ1) is 8.34. The molecule has 1 aromatic heterocycles. The molecule has 4 nitrogen and oxygen atoms in total. The number of phenolic OH excluding ortho intramolecular Hbond substituents is 1. The van der Waals surface area contributed by atoms with Gasteiger partial charge in [0.05, 0.1) is 6.20 Å². The zero-order valence-electron chi connectivity index (χ0n) is 9.39. The molecule has 17 heavy (non-hydrogen) atoms. The summed E-state index contributed by atoms with van der Waals surface area (Å²) in [6.07, 6.45) is 2.83. The third kappa shape index (κ3) is 1.91. The van der Waals surface area contributed by atoms with Crippen molar-refractivity contribution < 1.29 is 9.63 Å². The Balaban J connectivity index is 1.97. The van der Waals surface area contributed by atoms with Gasteiger partial charge in [-0.3, -0.25) is 0 Å². The molecule has 0 aliphatic carbocycles. The lowest BCUT2D eigenvalue weighted by Gasteiger charge is -2.06. The lowest BCUT2D eigenvalue weighted by atomic mass is 9.98. The highest BCUT2D eigenvalue weighted by molar-refractivity contribution is 5.65. The van der Waals surface area contributed by atoms with Crippen molar-refractivity contribution in [3.63, 3.8) is 0 Å². The summed E-state index contributed by atoms with van der Waals surface area (Å²) in [5, 5.41) is 16.5. The molecule has 2 N–H and O–H groups in total. The SMILES string of the molecule is Oc1ccc(-c2cnoc2C2CCNC2)cc1. The molecule has 1 aliphatic rings. The Morgan fingerprint density at radius 1 is 1.29 bits per heavy atom. The third-order valence-electron chi connectivity index (χ3n) is 3.21. The number of hydrogen-bond acceptors (Lipinski definition) is 4. The van der Waals surface area contributed by atoms with Crippen molar-refractivity contribution in [1.82, 2.24) is 10.5 Å². The first kappa shape index (κ1) is 10.4. The minimum atomic E-state index is 0.272. The fourth-order valence-electron chi connectivity index (χ4n) is 2.28. The molecule has 1 saturated heterocycles. The van der Waals surface area contributed by atoms with E-state index in [0.717, 1.165) is 36.4 Å². The fraction of sp³-hybridized carbons (Fsp3) is 0.308. The summed E-state index contributed by atoms with van der Waals surface area (Å²) in [6, 6.07) is 7.12. The van der Waals surface area contributed by atoms with Gasteiger partial charge in [-0.25, -0.2) is 0 Å². The van der Waals surface area contributed by atoms with Crippen LogP contribution in [-0.2, 0) is 0 Å². The van der Waals surface area contributed by atoms with E-state index in [2.05, 4.69) is 10.5 Å². The van der Waals surface area contributed by atoms with Crippen molar-refractivity contribution in [1.29, 1.82) is 0 Å². The van der Waals surface area contributed by atoms with Gasteiger partial charge in [0.15, 0.2) is 0 Å². The molecule has 1 unspecified atom stereocenters. The van der Waals surface area contributed by atoms with Crippen molar-refractivity contribution >= 4 is 0 Å².